The second kappa shape index (κ2) is 10.6. The van der Waals surface area contributed by atoms with Gasteiger partial charge in [0.05, 0.1) is 10.7 Å². The van der Waals surface area contributed by atoms with E-state index in [1.54, 1.807) is 18.6 Å². The number of hydrogen-bond donors (Lipinski definition) is 1. The Morgan fingerprint density at radius 1 is 0.971 bits per heavy atom. The number of carbonyl (C=O) groups is 1. The lowest BCUT2D eigenvalue weighted by molar-refractivity contribution is -0.137. The van der Waals surface area contributed by atoms with E-state index in [1.165, 1.54) is 0 Å². The van der Waals surface area contributed by atoms with E-state index in [9.17, 15) is 4.79 Å². The molecule has 5 heterocycles. The Kier molecular flexibility index (Phi) is 7.13. The van der Waals surface area contributed by atoms with Crippen molar-refractivity contribution < 1.29 is 4.79 Å². The number of nitrogens with zero attached hydrogens (tertiary/aromatic N) is 5. The smallest absolute Gasteiger partial charge is 0.225 e. The highest BCUT2D eigenvalue weighted by Crippen LogP contribution is 2.32. The zero-order valence-electron chi connectivity index (χ0n) is 20.0. The van der Waals surface area contributed by atoms with Crippen LogP contribution in [0.5, 0.6) is 0 Å². The van der Waals surface area contributed by atoms with E-state index in [0.717, 1.165) is 80.3 Å². The first-order chi connectivity index (χ1) is 17.1. The van der Waals surface area contributed by atoms with Crippen LogP contribution in [0.25, 0.3) is 11.3 Å². The molecule has 7 nitrogen and oxygen atoms in total. The lowest BCUT2D eigenvalue weighted by Crippen LogP contribution is -2.47. The highest BCUT2D eigenvalue weighted by atomic mass is 35.5. The molecular formula is C27H31ClN6O. The predicted octanol–water partition coefficient (Wildman–Crippen LogP) is 4.82. The molecule has 1 amide bonds. The Balaban J connectivity index is 1.16. The number of anilines is 2. The summed E-state index contributed by atoms with van der Waals surface area (Å²) in [5, 5.41) is 4.09. The Morgan fingerprint density at radius 3 is 2.46 bits per heavy atom. The summed E-state index contributed by atoms with van der Waals surface area (Å²) >= 11 is 6.47. The van der Waals surface area contributed by atoms with Crippen molar-refractivity contribution in [2.24, 2.45) is 5.92 Å². The quantitative estimate of drug-likeness (QED) is 0.552. The highest BCUT2D eigenvalue weighted by molar-refractivity contribution is 6.33. The number of nitrogens with one attached hydrogen (secondary N) is 1. The first-order valence-corrected chi connectivity index (χ1v) is 12.7. The summed E-state index contributed by atoms with van der Waals surface area (Å²) in [5.74, 6) is 2.18. The van der Waals surface area contributed by atoms with Gasteiger partial charge in [0.1, 0.15) is 11.6 Å². The van der Waals surface area contributed by atoms with Gasteiger partial charge in [-0.1, -0.05) is 23.7 Å². The molecule has 2 saturated heterocycles. The molecule has 2 aliphatic heterocycles. The van der Waals surface area contributed by atoms with Crippen LogP contribution in [0.1, 0.15) is 31.2 Å². The van der Waals surface area contributed by atoms with Crippen molar-refractivity contribution in [1.82, 2.24) is 19.9 Å². The molecule has 1 N–H and O–H groups in total. The van der Waals surface area contributed by atoms with Gasteiger partial charge in [-0.05, 0) is 62.4 Å². The largest absolute Gasteiger partial charge is 0.367 e. The number of rotatable bonds is 5. The molecule has 0 aliphatic carbocycles. The topological polar surface area (TPSA) is 74.2 Å². The van der Waals surface area contributed by atoms with Crippen molar-refractivity contribution in [3.05, 3.63) is 65.6 Å². The first kappa shape index (κ1) is 23.5. The number of halogens is 1. The van der Waals surface area contributed by atoms with Crippen molar-refractivity contribution in [1.29, 1.82) is 0 Å². The van der Waals surface area contributed by atoms with Gasteiger partial charge in [0, 0.05) is 62.3 Å². The number of amides is 1. The lowest BCUT2D eigenvalue weighted by Gasteiger charge is -2.38. The molecule has 0 spiro atoms. The van der Waals surface area contributed by atoms with Crippen LogP contribution in [0.3, 0.4) is 0 Å². The van der Waals surface area contributed by atoms with Gasteiger partial charge in [-0.25, -0.2) is 9.97 Å². The monoisotopic (exact) mass is 490 g/mol. The van der Waals surface area contributed by atoms with Gasteiger partial charge in [0.25, 0.3) is 0 Å². The number of likely N-dealkylation sites (tertiary alicyclic amines) is 1. The Labute approximate surface area is 211 Å². The van der Waals surface area contributed by atoms with Crippen molar-refractivity contribution in [2.75, 3.05) is 36.4 Å². The Bertz CT molecular complexity index is 1160. The summed E-state index contributed by atoms with van der Waals surface area (Å²) in [5.41, 5.74) is 2.86. The number of aromatic nitrogens is 3. The average Bonchev–Trinajstić information content (AvgIpc) is 2.90. The van der Waals surface area contributed by atoms with Gasteiger partial charge >= 0.3 is 0 Å². The molecule has 2 fully saturated rings. The molecule has 5 rings (SSSR count). The third-order valence-electron chi connectivity index (χ3n) is 7.10. The highest BCUT2D eigenvalue weighted by Gasteiger charge is 2.31. The fraction of sp³-hybridized carbons (Fsp3) is 0.407. The number of hydrogen-bond acceptors (Lipinski definition) is 6. The first-order valence-electron chi connectivity index (χ1n) is 12.4. The molecule has 182 valence electrons. The number of pyridine rings is 3. The minimum absolute atomic E-state index is 0.0800. The van der Waals surface area contributed by atoms with Crippen LogP contribution in [-0.4, -0.2) is 58.0 Å². The van der Waals surface area contributed by atoms with Gasteiger partial charge in [0.15, 0.2) is 0 Å². The fourth-order valence-electron chi connectivity index (χ4n) is 5.06. The SMILES string of the molecule is Cc1cccnc1-c1cc(N2CCC(C(=O)N3CCC(Nc4ccccn4)CC3)CC2)ncc1Cl. The third kappa shape index (κ3) is 5.40. The summed E-state index contributed by atoms with van der Waals surface area (Å²) < 4.78 is 0. The van der Waals surface area contributed by atoms with Crippen molar-refractivity contribution in [2.45, 2.75) is 38.6 Å². The molecule has 35 heavy (non-hydrogen) atoms. The summed E-state index contributed by atoms with van der Waals surface area (Å²) in [4.78, 5) is 31.0. The van der Waals surface area contributed by atoms with Gasteiger partial charge < -0.3 is 15.1 Å². The summed E-state index contributed by atoms with van der Waals surface area (Å²) in [6, 6.07) is 12.2. The minimum Gasteiger partial charge on any atom is -0.367 e. The van der Waals surface area contributed by atoms with E-state index in [0.29, 0.717) is 17.0 Å². The molecule has 8 heteroatoms. The molecule has 3 aromatic rings. The Hall–Kier alpha value is -3.19. The maximum Gasteiger partial charge on any atom is 0.225 e. The summed E-state index contributed by atoms with van der Waals surface area (Å²) in [6.45, 7) is 5.25. The van der Waals surface area contributed by atoms with Crippen molar-refractivity contribution in [3.8, 4) is 11.3 Å². The van der Waals surface area contributed by atoms with E-state index >= 15 is 0 Å². The number of carbonyl (C=O) groups excluding carboxylic acids is 1. The maximum absolute atomic E-state index is 13.2. The molecule has 0 bridgehead atoms. The average molecular weight is 491 g/mol. The van der Waals surface area contributed by atoms with Gasteiger partial charge in [-0.15, -0.1) is 0 Å². The van der Waals surface area contributed by atoms with Gasteiger partial charge in [0.2, 0.25) is 5.91 Å². The molecule has 0 unspecified atom stereocenters. The standard InChI is InChI=1S/C27H31ClN6O/c1-19-5-4-12-30-26(19)22-17-25(31-18-23(22)28)33-13-7-20(8-14-33)27(35)34-15-9-21(10-16-34)32-24-6-2-3-11-29-24/h2-6,11-12,17-18,20-21H,7-10,13-16H2,1H3,(H,29,32). The van der Waals surface area contributed by atoms with Crippen LogP contribution in [-0.2, 0) is 4.79 Å². The van der Waals surface area contributed by atoms with Crippen molar-refractivity contribution >= 4 is 29.1 Å². The second-order valence-corrected chi connectivity index (χ2v) is 9.82. The van der Waals surface area contributed by atoms with Crippen LogP contribution < -0.4 is 10.2 Å². The minimum atomic E-state index is 0.0800. The second-order valence-electron chi connectivity index (χ2n) is 9.41. The lowest BCUT2D eigenvalue weighted by atomic mass is 9.93. The fourth-order valence-corrected chi connectivity index (χ4v) is 5.26. The predicted molar refractivity (Wildman–Crippen MR) is 140 cm³/mol. The molecular weight excluding hydrogens is 460 g/mol. The number of piperidine rings is 2. The van der Waals surface area contributed by atoms with E-state index in [4.69, 9.17) is 11.6 Å². The third-order valence-corrected chi connectivity index (χ3v) is 7.40. The zero-order chi connectivity index (χ0) is 24.2. The molecule has 2 aliphatic rings. The van der Waals surface area contributed by atoms with Crippen LogP contribution in [0.2, 0.25) is 5.02 Å². The van der Waals surface area contributed by atoms with Crippen LogP contribution >= 0.6 is 11.6 Å². The van der Waals surface area contributed by atoms with E-state index < -0.39 is 0 Å². The Morgan fingerprint density at radius 2 is 1.74 bits per heavy atom. The van der Waals surface area contributed by atoms with Crippen molar-refractivity contribution in [3.63, 3.8) is 0 Å². The maximum atomic E-state index is 13.2. The molecule has 0 aromatic carbocycles. The zero-order valence-corrected chi connectivity index (χ0v) is 20.8. The molecule has 0 saturated carbocycles. The molecule has 0 radical (unpaired) electrons. The van der Waals surface area contributed by atoms with Gasteiger partial charge in [-0.3, -0.25) is 9.78 Å². The van der Waals surface area contributed by atoms with E-state index in [2.05, 4.69) is 30.1 Å². The summed E-state index contributed by atoms with van der Waals surface area (Å²) in [6.07, 6.45) is 8.87. The number of aryl methyl sites for hydroxylation is 1. The molecule has 0 atom stereocenters. The van der Waals surface area contributed by atoms with E-state index in [-0.39, 0.29) is 5.92 Å². The normalized spacial score (nSPS) is 17.4. The molecule has 3 aromatic heterocycles. The van der Waals surface area contributed by atoms with Crippen LogP contribution in [0, 0.1) is 12.8 Å². The van der Waals surface area contributed by atoms with Gasteiger partial charge in [-0.2, -0.15) is 0 Å². The van der Waals surface area contributed by atoms with Crippen LogP contribution in [0.4, 0.5) is 11.6 Å². The summed E-state index contributed by atoms with van der Waals surface area (Å²) in [7, 11) is 0. The van der Waals surface area contributed by atoms with Crippen LogP contribution in [0.15, 0.2) is 55.0 Å². The van der Waals surface area contributed by atoms with E-state index in [1.807, 2.05) is 43.3 Å².